The molecule has 0 bridgehead atoms. The first-order valence-corrected chi connectivity index (χ1v) is 5.86. The predicted octanol–water partition coefficient (Wildman–Crippen LogP) is 2.15. The zero-order chi connectivity index (χ0) is 12.3. The van der Waals surface area contributed by atoms with Gasteiger partial charge in [0.25, 0.3) is 0 Å². The van der Waals surface area contributed by atoms with Gasteiger partial charge in [-0.15, -0.1) is 0 Å². The second-order valence-electron chi connectivity index (χ2n) is 4.38. The molecular weight excluding hydrogens is 221 g/mol. The topological polar surface area (TPSA) is 52.3 Å². The highest BCUT2D eigenvalue weighted by Gasteiger charge is 2.18. The van der Waals surface area contributed by atoms with Crippen LogP contribution in [-0.4, -0.2) is 18.9 Å². The van der Waals surface area contributed by atoms with Gasteiger partial charge >= 0.3 is 0 Å². The van der Waals surface area contributed by atoms with Crippen molar-refractivity contribution in [1.82, 2.24) is 0 Å². The summed E-state index contributed by atoms with van der Waals surface area (Å²) in [7, 11) is 0. The number of Topliss-reactive ketones (excluding diaryl/α,β-unsaturated/α-hetero) is 1. The first-order chi connectivity index (χ1) is 8.20. The number of benzene rings is 1. The fraction of sp³-hybridized carbons (Fsp3) is 0.462. The van der Waals surface area contributed by atoms with Crippen LogP contribution in [0, 0.1) is 11.7 Å². The SMILES string of the molecule is NCC(=O)c1ccc(OCC2CCC2)c(F)c1. The lowest BCUT2D eigenvalue weighted by Crippen LogP contribution is -2.19. The van der Waals surface area contributed by atoms with Gasteiger partial charge in [-0.05, 0) is 37.0 Å². The molecule has 2 rings (SSSR count). The molecule has 17 heavy (non-hydrogen) atoms. The molecule has 0 heterocycles. The molecule has 1 aliphatic rings. The van der Waals surface area contributed by atoms with E-state index >= 15 is 0 Å². The van der Waals surface area contributed by atoms with Crippen LogP contribution in [0.25, 0.3) is 0 Å². The van der Waals surface area contributed by atoms with Crippen molar-refractivity contribution in [3.05, 3.63) is 29.6 Å². The number of rotatable bonds is 5. The van der Waals surface area contributed by atoms with E-state index < -0.39 is 5.82 Å². The minimum Gasteiger partial charge on any atom is -0.490 e. The van der Waals surface area contributed by atoms with E-state index in [0.717, 1.165) is 12.8 Å². The molecule has 0 saturated heterocycles. The number of hydrogen-bond donors (Lipinski definition) is 1. The zero-order valence-electron chi connectivity index (χ0n) is 9.62. The Balaban J connectivity index is 2.00. The summed E-state index contributed by atoms with van der Waals surface area (Å²) in [6.45, 7) is 0.447. The molecule has 1 aromatic carbocycles. The third kappa shape index (κ3) is 2.82. The average molecular weight is 237 g/mol. The van der Waals surface area contributed by atoms with Crippen LogP contribution in [0.3, 0.4) is 0 Å². The minimum absolute atomic E-state index is 0.109. The monoisotopic (exact) mass is 237 g/mol. The van der Waals surface area contributed by atoms with Crippen LogP contribution >= 0.6 is 0 Å². The Kier molecular flexibility index (Phi) is 3.74. The highest BCUT2D eigenvalue weighted by molar-refractivity contribution is 5.97. The summed E-state index contributed by atoms with van der Waals surface area (Å²) in [4.78, 5) is 11.3. The smallest absolute Gasteiger partial charge is 0.176 e. The van der Waals surface area contributed by atoms with Crippen LogP contribution in [0.5, 0.6) is 5.75 Å². The zero-order valence-corrected chi connectivity index (χ0v) is 9.62. The van der Waals surface area contributed by atoms with Gasteiger partial charge in [0.15, 0.2) is 17.3 Å². The molecule has 3 nitrogen and oxygen atoms in total. The molecule has 2 N–H and O–H groups in total. The second kappa shape index (κ2) is 5.27. The van der Waals surface area contributed by atoms with Crippen molar-refractivity contribution in [2.24, 2.45) is 11.7 Å². The van der Waals surface area contributed by atoms with Gasteiger partial charge in [0.05, 0.1) is 13.2 Å². The lowest BCUT2D eigenvalue weighted by atomic mass is 9.86. The highest BCUT2D eigenvalue weighted by atomic mass is 19.1. The fourth-order valence-corrected chi connectivity index (χ4v) is 1.78. The summed E-state index contributed by atoms with van der Waals surface area (Å²) in [5, 5.41) is 0. The molecule has 0 atom stereocenters. The molecular formula is C13H16FNO2. The molecule has 0 radical (unpaired) electrons. The fourth-order valence-electron chi connectivity index (χ4n) is 1.78. The molecule has 4 heteroatoms. The number of carbonyl (C=O) groups excluding carboxylic acids is 1. The lowest BCUT2D eigenvalue weighted by Gasteiger charge is -2.25. The van der Waals surface area contributed by atoms with Crippen molar-refractivity contribution in [2.45, 2.75) is 19.3 Å². The third-order valence-corrected chi connectivity index (χ3v) is 3.14. The van der Waals surface area contributed by atoms with E-state index in [1.165, 1.54) is 18.6 Å². The Morgan fingerprint density at radius 1 is 1.47 bits per heavy atom. The third-order valence-electron chi connectivity index (χ3n) is 3.14. The van der Waals surface area contributed by atoms with Crippen molar-refractivity contribution < 1.29 is 13.9 Å². The standard InChI is InChI=1S/C13H16FNO2/c14-11-6-10(12(16)7-15)4-5-13(11)17-8-9-2-1-3-9/h4-6,9H,1-3,7-8,15H2. The summed E-state index contributed by atoms with van der Waals surface area (Å²) >= 11 is 0. The van der Waals surface area contributed by atoms with Gasteiger partial charge in [0, 0.05) is 5.56 Å². The van der Waals surface area contributed by atoms with Crippen LogP contribution in [-0.2, 0) is 0 Å². The average Bonchev–Trinajstić information content (AvgIpc) is 2.28. The van der Waals surface area contributed by atoms with Crippen LogP contribution in [0.1, 0.15) is 29.6 Å². The second-order valence-corrected chi connectivity index (χ2v) is 4.38. The Morgan fingerprint density at radius 2 is 2.24 bits per heavy atom. The Bertz CT molecular complexity index is 416. The summed E-state index contributed by atoms with van der Waals surface area (Å²) in [6, 6.07) is 4.23. The number of ketones is 1. The molecule has 1 aromatic rings. The molecule has 0 aromatic heterocycles. The van der Waals surface area contributed by atoms with Gasteiger partial charge in [-0.1, -0.05) is 6.42 Å². The molecule has 0 unspecified atom stereocenters. The Morgan fingerprint density at radius 3 is 2.76 bits per heavy atom. The largest absolute Gasteiger partial charge is 0.490 e. The van der Waals surface area contributed by atoms with E-state index in [9.17, 15) is 9.18 Å². The van der Waals surface area contributed by atoms with Crippen LogP contribution in [0.15, 0.2) is 18.2 Å². The van der Waals surface area contributed by atoms with E-state index in [0.29, 0.717) is 18.1 Å². The molecule has 1 saturated carbocycles. The molecule has 0 amide bonds. The van der Waals surface area contributed by atoms with E-state index in [2.05, 4.69) is 0 Å². The first kappa shape index (κ1) is 12.0. The lowest BCUT2D eigenvalue weighted by molar-refractivity contribution is 0.100. The van der Waals surface area contributed by atoms with Gasteiger partial charge in [0.2, 0.25) is 0 Å². The minimum atomic E-state index is -0.497. The summed E-state index contributed by atoms with van der Waals surface area (Å²) < 4.78 is 19.0. The normalized spacial score (nSPS) is 15.4. The number of hydrogen-bond acceptors (Lipinski definition) is 3. The number of halogens is 1. The molecule has 92 valence electrons. The van der Waals surface area contributed by atoms with Crippen LogP contribution in [0.2, 0.25) is 0 Å². The van der Waals surface area contributed by atoms with Gasteiger partial charge in [0.1, 0.15) is 0 Å². The quantitative estimate of drug-likeness (QED) is 0.798. The van der Waals surface area contributed by atoms with Crippen molar-refractivity contribution in [3.8, 4) is 5.75 Å². The van der Waals surface area contributed by atoms with Crippen molar-refractivity contribution in [1.29, 1.82) is 0 Å². The van der Waals surface area contributed by atoms with Gasteiger partial charge in [-0.3, -0.25) is 4.79 Å². The van der Waals surface area contributed by atoms with E-state index in [4.69, 9.17) is 10.5 Å². The summed E-state index contributed by atoms with van der Waals surface area (Å²) in [5.41, 5.74) is 5.51. The van der Waals surface area contributed by atoms with Gasteiger partial charge in [-0.25, -0.2) is 4.39 Å². The van der Waals surface area contributed by atoms with Gasteiger partial charge in [-0.2, -0.15) is 0 Å². The van der Waals surface area contributed by atoms with Crippen molar-refractivity contribution in [2.75, 3.05) is 13.2 Å². The molecule has 1 fully saturated rings. The number of carbonyl (C=O) groups is 1. The maximum Gasteiger partial charge on any atom is 0.176 e. The van der Waals surface area contributed by atoms with E-state index in [1.54, 1.807) is 6.07 Å². The van der Waals surface area contributed by atoms with Gasteiger partial charge < -0.3 is 10.5 Å². The predicted molar refractivity (Wildman–Crippen MR) is 62.6 cm³/mol. The van der Waals surface area contributed by atoms with Crippen LogP contribution < -0.4 is 10.5 Å². The maximum atomic E-state index is 13.6. The maximum absolute atomic E-state index is 13.6. The highest BCUT2D eigenvalue weighted by Crippen LogP contribution is 2.28. The number of ether oxygens (including phenoxy) is 1. The van der Waals surface area contributed by atoms with Crippen molar-refractivity contribution >= 4 is 5.78 Å². The Hall–Kier alpha value is -1.42. The Labute approximate surface area is 99.8 Å². The van der Waals surface area contributed by atoms with E-state index in [-0.39, 0.29) is 18.1 Å². The molecule has 1 aliphatic carbocycles. The first-order valence-electron chi connectivity index (χ1n) is 5.86. The van der Waals surface area contributed by atoms with Crippen LogP contribution in [0.4, 0.5) is 4.39 Å². The molecule has 0 spiro atoms. The number of nitrogens with two attached hydrogens (primary N) is 1. The summed E-state index contributed by atoms with van der Waals surface area (Å²) in [6.07, 6.45) is 3.55. The van der Waals surface area contributed by atoms with E-state index in [1.807, 2.05) is 0 Å². The summed E-state index contributed by atoms with van der Waals surface area (Å²) in [5.74, 6) is 0.00304. The van der Waals surface area contributed by atoms with Crippen molar-refractivity contribution in [3.63, 3.8) is 0 Å². The molecule has 0 aliphatic heterocycles.